The number of urea groups is 1. The summed E-state index contributed by atoms with van der Waals surface area (Å²) in [5.74, 6) is -0.383. The highest BCUT2D eigenvalue weighted by Crippen LogP contribution is 2.21. The first-order valence-electron chi connectivity index (χ1n) is 8.86. The second-order valence-corrected chi connectivity index (χ2v) is 6.38. The minimum Gasteiger partial charge on any atom is -0.431 e. The zero-order valence-electron chi connectivity index (χ0n) is 15.3. The van der Waals surface area contributed by atoms with Crippen LogP contribution in [0.1, 0.15) is 11.1 Å². The smallest absolute Gasteiger partial charge is 0.348 e. The van der Waals surface area contributed by atoms with E-state index in [0.717, 1.165) is 5.56 Å². The number of benzene rings is 1. The van der Waals surface area contributed by atoms with Crippen LogP contribution in [0.25, 0.3) is 0 Å². The molecular weight excluding hydrogens is 372 g/mol. The van der Waals surface area contributed by atoms with Crippen LogP contribution in [0.4, 0.5) is 10.5 Å². The summed E-state index contributed by atoms with van der Waals surface area (Å²) >= 11 is 0. The SMILES string of the molecule is N#Cc1cccc(CN2CCN3C(C(=O)Nc4cccnc4)=COC3=NC2=O)c1. The van der Waals surface area contributed by atoms with Gasteiger partial charge in [-0.05, 0) is 29.8 Å². The fourth-order valence-corrected chi connectivity index (χ4v) is 3.02. The Hall–Kier alpha value is -4.19. The Kier molecular flexibility index (Phi) is 4.90. The lowest BCUT2D eigenvalue weighted by Crippen LogP contribution is -2.36. The van der Waals surface area contributed by atoms with Gasteiger partial charge in [-0.2, -0.15) is 5.26 Å². The predicted molar refractivity (Wildman–Crippen MR) is 103 cm³/mol. The Balaban J connectivity index is 1.46. The van der Waals surface area contributed by atoms with Crippen LogP contribution < -0.4 is 5.32 Å². The Morgan fingerprint density at radius 1 is 1.28 bits per heavy atom. The van der Waals surface area contributed by atoms with Crippen molar-refractivity contribution in [1.82, 2.24) is 14.8 Å². The molecule has 0 bridgehead atoms. The number of hydrogen-bond acceptors (Lipinski definition) is 6. The number of hydrogen-bond donors (Lipinski definition) is 1. The zero-order valence-corrected chi connectivity index (χ0v) is 15.3. The lowest BCUT2D eigenvalue weighted by molar-refractivity contribution is -0.113. The molecule has 3 amide bonds. The van der Waals surface area contributed by atoms with Gasteiger partial charge in [0.15, 0.2) is 0 Å². The Bertz CT molecular complexity index is 1060. The summed E-state index contributed by atoms with van der Waals surface area (Å²) in [5, 5.41) is 11.8. The molecule has 0 saturated carbocycles. The van der Waals surface area contributed by atoms with Crippen LogP contribution >= 0.6 is 0 Å². The maximum atomic E-state index is 12.6. The molecular formula is C20H16N6O3. The number of carbonyl (C=O) groups excluding carboxylic acids is 2. The van der Waals surface area contributed by atoms with Crippen LogP contribution in [0.2, 0.25) is 0 Å². The third-order valence-electron chi connectivity index (χ3n) is 4.43. The van der Waals surface area contributed by atoms with E-state index in [1.807, 2.05) is 6.07 Å². The van der Waals surface area contributed by atoms with Gasteiger partial charge in [0.25, 0.3) is 5.91 Å². The summed E-state index contributed by atoms with van der Waals surface area (Å²) in [5.41, 5.74) is 2.16. The monoisotopic (exact) mass is 388 g/mol. The number of aromatic nitrogens is 1. The number of fused-ring (bicyclic) bond motifs is 1. The molecule has 29 heavy (non-hydrogen) atoms. The van der Waals surface area contributed by atoms with E-state index in [0.29, 0.717) is 30.9 Å². The molecule has 1 aromatic heterocycles. The van der Waals surface area contributed by atoms with Crippen LogP contribution in [0.5, 0.6) is 0 Å². The van der Waals surface area contributed by atoms with E-state index in [2.05, 4.69) is 21.4 Å². The summed E-state index contributed by atoms with van der Waals surface area (Å²) < 4.78 is 5.36. The maximum Gasteiger partial charge on any atom is 0.348 e. The van der Waals surface area contributed by atoms with Gasteiger partial charge in [-0.25, -0.2) is 4.79 Å². The summed E-state index contributed by atoms with van der Waals surface area (Å²) in [4.78, 5) is 36.2. The molecule has 0 radical (unpaired) electrons. The van der Waals surface area contributed by atoms with Crippen molar-refractivity contribution in [2.24, 2.45) is 4.99 Å². The normalized spacial score (nSPS) is 15.5. The third-order valence-corrected chi connectivity index (χ3v) is 4.43. The molecule has 2 aromatic rings. The summed E-state index contributed by atoms with van der Waals surface area (Å²) in [6, 6.07) is 12.2. The van der Waals surface area contributed by atoms with E-state index in [1.54, 1.807) is 46.3 Å². The summed E-state index contributed by atoms with van der Waals surface area (Å²) in [7, 11) is 0. The number of rotatable bonds is 4. The average molecular weight is 388 g/mol. The van der Waals surface area contributed by atoms with Crippen molar-refractivity contribution in [2.45, 2.75) is 6.54 Å². The fourth-order valence-electron chi connectivity index (χ4n) is 3.02. The average Bonchev–Trinajstić information content (AvgIpc) is 3.07. The van der Waals surface area contributed by atoms with Crippen molar-refractivity contribution in [3.63, 3.8) is 0 Å². The van der Waals surface area contributed by atoms with Gasteiger partial charge in [0, 0.05) is 25.8 Å². The second kappa shape index (κ2) is 7.82. The molecule has 144 valence electrons. The molecule has 1 aromatic carbocycles. The first-order chi connectivity index (χ1) is 14.1. The highest BCUT2D eigenvalue weighted by Gasteiger charge is 2.33. The van der Waals surface area contributed by atoms with E-state index in [4.69, 9.17) is 10.00 Å². The van der Waals surface area contributed by atoms with Gasteiger partial charge in [0.2, 0.25) is 0 Å². The molecule has 4 rings (SSSR count). The quantitative estimate of drug-likeness (QED) is 0.858. The summed E-state index contributed by atoms with van der Waals surface area (Å²) in [6.07, 6.45) is 4.43. The van der Waals surface area contributed by atoms with Crippen LogP contribution in [-0.4, -0.2) is 45.8 Å². The Morgan fingerprint density at radius 3 is 2.97 bits per heavy atom. The molecule has 1 N–H and O–H groups in total. The van der Waals surface area contributed by atoms with Gasteiger partial charge in [-0.15, -0.1) is 4.99 Å². The molecule has 9 heteroatoms. The fraction of sp³-hybridized carbons (Fsp3) is 0.150. The second-order valence-electron chi connectivity index (χ2n) is 6.38. The van der Waals surface area contributed by atoms with Gasteiger partial charge >= 0.3 is 12.1 Å². The van der Waals surface area contributed by atoms with Crippen LogP contribution in [0, 0.1) is 11.3 Å². The standard InChI is InChI=1S/C20H16N6O3/c21-10-14-3-1-4-15(9-14)12-25-7-8-26-17(13-29-20(26)24-19(25)28)18(27)23-16-5-2-6-22-11-16/h1-6,9,11,13H,7-8,12H2,(H,23,27). The van der Waals surface area contributed by atoms with Crippen molar-refractivity contribution in [1.29, 1.82) is 5.26 Å². The number of nitrogens with one attached hydrogen (secondary N) is 1. The molecule has 0 fully saturated rings. The molecule has 9 nitrogen and oxygen atoms in total. The van der Waals surface area contributed by atoms with Crippen molar-refractivity contribution in [3.8, 4) is 6.07 Å². The minimum absolute atomic E-state index is 0.0691. The zero-order chi connectivity index (χ0) is 20.2. The van der Waals surface area contributed by atoms with Crippen molar-refractivity contribution >= 4 is 23.6 Å². The molecule has 0 atom stereocenters. The number of amides is 3. The number of aliphatic imine (C=N–C) groups is 1. The predicted octanol–water partition coefficient (Wildman–Crippen LogP) is 2.06. The van der Waals surface area contributed by atoms with Gasteiger partial charge in [-0.1, -0.05) is 12.1 Å². The molecule has 0 aliphatic carbocycles. The first-order valence-corrected chi connectivity index (χ1v) is 8.86. The van der Waals surface area contributed by atoms with Crippen molar-refractivity contribution in [3.05, 3.63) is 71.9 Å². The number of ether oxygens (including phenoxy) is 1. The van der Waals surface area contributed by atoms with E-state index >= 15 is 0 Å². The number of carbonyl (C=O) groups is 2. The minimum atomic E-state index is -0.466. The van der Waals surface area contributed by atoms with Crippen molar-refractivity contribution < 1.29 is 14.3 Å². The molecule has 3 heterocycles. The number of amidine groups is 1. The van der Waals surface area contributed by atoms with Crippen molar-refractivity contribution in [2.75, 3.05) is 18.4 Å². The Labute approximate surface area is 166 Å². The van der Waals surface area contributed by atoms with Gasteiger partial charge in [0.1, 0.15) is 12.0 Å². The third kappa shape index (κ3) is 3.91. The van der Waals surface area contributed by atoms with E-state index in [-0.39, 0.29) is 17.6 Å². The van der Waals surface area contributed by atoms with Crippen LogP contribution in [0.15, 0.2) is 65.7 Å². The van der Waals surface area contributed by atoms with E-state index in [9.17, 15) is 9.59 Å². The summed E-state index contributed by atoms with van der Waals surface area (Å²) in [6.45, 7) is 0.984. The first kappa shape index (κ1) is 18.2. The molecule has 0 saturated heterocycles. The number of pyridine rings is 1. The molecule has 0 spiro atoms. The lowest BCUT2D eigenvalue weighted by atomic mass is 10.1. The molecule has 2 aliphatic heterocycles. The number of anilines is 1. The molecule has 2 aliphatic rings. The van der Waals surface area contributed by atoms with Gasteiger partial charge in [0.05, 0.1) is 23.5 Å². The van der Waals surface area contributed by atoms with Gasteiger partial charge < -0.3 is 15.0 Å². The maximum absolute atomic E-state index is 12.6. The topological polar surface area (TPSA) is 111 Å². The van der Waals surface area contributed by atoms with Gasteiger partial charge in [-0.3, -0.25) is 14.7 Å². The van der Waals surface area contributed by atoms with Crippen LogP contribution in [0.3, 0.4) is 0 Å². The Morgan fingerprint density at radius 2 is 2.17 bits per heavy atom. The highest BCUT2D eigenvalue weighted by molar-refractivity contribution is 6.07. The largest absolute Gasteiger partial charge is 0.431 e. The van der Waals surface area contributed by atoms with E-state index < -0.39 is 6.03 Å². The van der Waals surface area contributed by atoms with Crippen LogP contribution in [-0.2, 0) is 16.1 Å². The highest BCUT2D eigenvalue weighted by atomic mass is 16.5. The number of nitrogens with zero attached hydrogens (tertiary/aromatic N) is 5. The lowest BCUT2D eigenvalue weighted by Gasteiger charge is -2.21. The van der Waals surface area contributed by atoms with E-state index in [1.165, 1.54) is 12.5 Å². The molecule has 0 unspecified atom stereocenters. The number of nitriles is 1.